The van der Waals surface area contributed by atoms with E-state index in [1.54, 1.807) is 122 Å². The van der Waals surface area contributed by atoms with E-state index in [2.05, 4.69) is 9.97 Å². The number of hydrogen-bond donors (Lipinski definition) is 4. The number of rotatable bonds is 9. The maximum Gasteiger partial charge on any atom is 0.189 e. The molecule has 0 atom stereocenters. The summed E-state index contributed by atoms with van der Waals surface area (Å²) in [7, 11) is 0. The molecule has 10 heteroatoms. The molecule has 331 valence electrons. The monoisotopic (exact) mass is 1020 g/mol. The van der Waals surface area contributed by atoms with Crippen LogP contribution in [0.3, 0.4) is 0 Å². The SMILES string of the molecule is Nc1cc2cccnc2c2ncccc12.O=C(/C=C(/O)c1ccccc1)c1ccccc1.O=C(/C=C(/O)c1ccccc1)c1ccccc1.O=C(/C=C(/O)c1ccccc1)c1ccccc1.[Eu]. The number of carbonyl (C=O) groups is 3. The number of hydrogen-bond acceptors (Lipinski definition) is 9. The molecule has 0 spiro atoms. The third-order valence-corrected chi connectivity index (χ3v) is 9.68. The van der Waals surface area contributed by atoms with Gasteiger partial charge in [-0.1, -0.05) is 188 Å². The second-order valence-corrected chi connectivity index (χ2v) is 14.3. The summed E-state index contributed by atoms with van der Waals surface area (Å²) in [6.07, 6.45) is 7.25. The minimum atomic E-state index is -0.202. The zero-order chi connectivity index (χ0) is 46.5. The molecule has 0 aliphatic rings. The summed E-state index contributed by atoms with van der Waals surface area (Å²) in [5.41, 5.74) is 12.1. The Balaban J connectivity index is 0.000000166. The molecule has 9 nitrogen and oxygen atoms in total. The summed E-state index contributed by atoms with van der Waals surface area (Å²) in [6.45, 7) is 0. The molecule has 1 radical (unpaired) electrons. The van der Waals surface area contributed by atoms with Crippen molar-refractivity contribution in [3.8, 4) is 0 Å². The fourth-order valence-corrected chi connectivity index (χ4v) is 6.31. The van der Waals surface area contributed by atoms with E-state index in [1.165, 1.54) is 18.2 Å². The van der Waals surface area contributed by atoms with Gasteiger partial charge in [-0.15, -0.1) is 0 Å². The van der Waals surface area contributed by atoms with Gasteiger partial charge >= 0.3 is 0 Å². The topological polar surface area (TPSA) is 164 Å². The van der Waals surface area contributed by atoms with Crippen molar-refractivity contribution in [1.82, 2.24) is 9.97 Å². The molecule has 0 saturated carbocycles. The Morgan fingerprint density at radius 3 is 0.985 bits per heavy atom. The molecule has 67 heavy (non-hydrogen) atoms. The van der Waals surface area contributed by atoms with Gasteiger partial charge in [0.25, 0.3) is 0 Å². The van der Waals surface area contributed by atoms with Crippen LogP contribution in [0.1, 0.15) is 47.8 Å². The first-order valence-corrected chi connectivity index (χ1v) is 20.7. The first-order chi connectivity index (χ1) is 32.2. The van der Waals surface area contributed by atoms with Crippen LogP contribution < -0.4 is 5.73 Å². The van der Waals surface area contributed by atoms with Crippen LogP contribution in [-0.2, 0) is 0 Å². The van der Waals surface area contributed by atoms with E-state index in [9.17, 15) is 29.7 Å². The number of ketones is 3. The quantitative estimate of drug-likeness (QED) is 0.0362. The standard InChI is InChI=1S/3C15H12O2.C12H9N3.Eu/c3*16-14(12-7-3-1-4-8-12)11-15(17)13-9-5-2-6-10-13;13-10-7-8-3-1-5-14-11(8)12-9(10)4-2-6-15-12;/h3*1-11,16H;1-7H,13H2;/b3*14-11+;;. The summed E-state index contributed by atoms with van der Waals surface area (Å²) in [4.78, 5) is 44.0. The van der Waals surface area contributed by atoms with Crippen LogP contribution in [-0.4, -0.2) is 42.6 Å². The third kappa shape index (κ3) is 15.2. The number of anilines is 1. The van der Waals surface area contributed by atoms with Crippen LogP contribution in [0, 0.1) is 49.4 Å². The van der Waals surface area contributed by atoms with Crippen LogP contribution in [0.2, 0.25) is 0 Å². The van der Waals surface area contributed by atoms with Crippen molar-refractivity contribution in [3.63, 3.8) is 0 Å². The first kappa shape index (κ1) is 50.4. The maximum atomic E-state index is 11.8. The van der Waals surface area contributed by atoms with E-state index in [-0.39, 0.29) is 84.0 Å². The van der Waals surface area contributed by atoms with Gasteiger partial charge < -0.3 is 21.1 Å². The largest absolute Gasteiger partial charge is 0.507 e. The van der Waals surface area contributed by atoms with Gasteiger partial charge in [-0.25, -0.2) is 0 Å². The van der Waals surface area contributed by atoms with Crippen LogP contribution in [0.15, 0.2) is 243 Å². The zero-order valence-electron chi connectivity index (χ0n) is 36.0. The molecule has 0 fully saturated rings. The fraction of sp³-hybridized carbons (Fsp3) is 0. The van der Waals surface area contributed by atoms with Gasteiger partial charge in [-0.2, -0.15) is 0 Å². The average molecular weight is 1020 g/mol. The Labute approximate surface area is 429 Å². The molecular weight excluding hydrogens is 975 g/mol. The van der Waals surface area contributed by atoms with Crippen LogP contribution in [0.4, 0.5) is 5.69 Å². The molecule has 0 aliphatic heterocycles. The summed E-state index contributed by atoms with van der Waals surface area (Å²) in [5, 5.41) is 31.4. The van der Waals surface area contributed by atoms with Crippen molar-refractivity contribution in [2.24, 2.45) is 0 Å². The molecule has 7 aromatic carbocycles. The minimum Gasteiger partial charge on any atom is -0.507 e. The zero-order valence-corrected chi connectivity index (χ0v) is 38.4. The van der Waals surface area contributed by atoms with E-state index < -0.39 is 0 Å². The number of nitrogens with zero attached hydrogens (tertiary/aromatic N) is 2. The number of pyridine rings is 2. The molecular formula is C57H45EuN3O6. The summed E-state index contributed by atoms with van der Waals surface area (Å²) < 4.78 is 0. The second kappa shape index (κ2) is 26.4. The van der Waals surface area contributed by atoms with Gasteiger partial charge in [0.2, 0.25) is 0 Å². The number of aromatic nitrogens is 2. The van der Waals surface area contributed by atoms with Crippen molar-refractivity contribution in [1.29, 1.82) is 0 Å². The number of allylic oxidation sites excluding steroid dienone is 3. The number of nitrogen functional groups attached to an aromatic ring is 1. The van der Waals surface area contributed by atoms with Gasteiger partial charge in [-0.3, -0.25) is 24.4 Å². The van der Waals surface area contributed by atoms with E-state index in [4.69, 9.17) is 5.73 Å². The summed E-state index contributed by atoms with van der Waals surface area (Å²) in [6, 6.07) is 63.2. The van der Waals surface area contributed by atoms with Gasteiger partial charge in [0.15, 0.2) is 17.3 Å². The van der Waals surface area contributed by atoms with E-state index in [0.29, 0.717) is 33.4 Å². The first-order valence-electron chi connectivity index (χ1n) is 20.7. The Hall–Kier alpha value is -7.63. The maximum absolute atomic E-state index is 11.8. The third-order valence-electron chi connectivity index (χ3n) is 9.68. The van der Waals surface area contributed by atoms with E-state index in [1.807, 2.05) is 103 Å². The number of nitrogens with two attached hydrogens (primary N) is 1. The minimum absolute atomic E-state index is 0. The number of benzene rings is 7. The van der Waals surface area contributed by atoms with Gasteiger partial charge in [0.1, 0.15) is 17.3 Å². The molecule has 0 unspecified atom stereocenters. The molecule has 0 bridgehead atoms. The van der Waals surface area contributed by atoms with Crippen molar-refractivity contribution in [3.05, 3.63) is 276 Å². The average Bonchev–Trinajstić information content (AvgIpc) is 3.38. The number of fused-ring (bicyclic) bond motifs is 3. The predicted molar refractivity (Wildman–Crippen MR) is 265 cm³/mol. The summed E-state index contributed by atoms with van der Waals surface area (Å²) >= 11 is 0. The Morgan fingerprint density at radius 1 is 0.373 bits per heavy atom. The molecule has 0 amide bonds. The fourth-order valence-electron chi connectivity index (χ4n) is 6.31. The van der Waals surface area contributed by atoms with Crippen LogP contribution in [0.5, 0.6) is 0 Å². The molecule has 0 aliphatic carbocycles. The van der Waals surface area contributed by atoms with Crippen molar-refractivity contribution >= 4 is 62.1 Å². The number of aliphatic hydroxyl groups is 3. The van der Waals surface area contributed by atoms with Crippen molar-refractivity contribution in [2.45, 2.75) is 0 Å². The molecule has 2 aromatic heterocycles. The Kier molecular flexibility index (Phi) is 19.8. The predicted octanol–water partition coefficient (Wildman–Crippen LogP) is 12.8. The smallest absolute Gasteiger partial charge is 0.189 e. The number of carbonyl (C=O) groups excluding carboxylic acids is 3. The van der Waals surface area contributed by atoms with Gasteiger partial charge in [0.05, 0.1) is 11.0 Å². The summed E-state index contributed by atoms with van der Waals surface area (Å²) in [5.74, 6) is -0.649. The van der Waals surface area contributed by atoms with Gasteiger partial charge in [0, 0.05) is 130 Å². The van der Waals surface area contributed by atoms with Gasteiger partial charge in [-0.05, 0) is 24.3 Å². The Bertz CT molecular complexity index is 2850. The molecule has 5 N–H and O–H groups in total. The molecule has 9 rings (SSSR count). The molecule has 2 heterocycles. The molecule has 0 saturated heterocycles. The van der Waals surface area contributed by atoms with Crippen molar-refractivity contribution in [2.75, 3.05) is 5.73 Å². The van der Waals surface area contributed by atoms with Crippen LogP contribution >= 0.6 is 0 Å². The van der Waals surface area contributed by atoms with E-state index >= 15 is 0 Å². The van der Waals surface area contributed by atoms with Crippen LogP contribution in [0.25, 0.3) is 39.1 Å². The Morgan fingerprint density at radius 2 is 0.657 bits per heavy atom. The normalized spacial score (nSPS) is 11.0. The van der Waals surface area contributed by atoms with Crippen molar-refractivity contribution < 1.29 is 79.1 Å². The van der Waals surface area contributed by atoms with E-state index in [0.717, 1.165) is 27.5 Å². The second-order valence-electron chi connectivity index (χ2n) is 14.3. The molecule has 9 aromatic rings. The number of aliphatic hydroxyl groups excluding tert-OH is 3.